The standard InChI is InChI=1S/C23H28ClFN6/c1-14-6-9-17(10-7-14)31-21-20(13-26-22(30-21)27-16-4-2-3-5-16)29-23(31)28-19-11-8-15(24)12-18(19)25/h8,11-14,16-17H,2-7,9-10H2,1H3,(H,28,29)(H,26,27,30). The van der Waals surface area contributed by atoms with Crippen LogP contribution in [-0.2, 0) is 0 Å². The molecule has 2 aliphatic rings. The molecule has 1 aromatic carbocycles. The Bertz CT molecular complexity index is 1070. The number of hydrogen-bond acceptors (Lipinski definition) is 5. The zero-order valence-electron chi connectivity index (χ0n) is 17.7. The van der Waals surface area contributed by atoms with Gasteiger partial charge in [-0.15, -0.1) is 0 Å². The predicted molar refractivity (Wildman–Crippen MR) is 123 cm³/mol. The first-order chi connectivity index (χ1) is 15.1. The molecule has 0 aliphatic heterocycles. The van der Waals surface area contributed by atoms with Crippen LogP contribution in [0.4, 0.5) is 22.0 Å². The van der Waals surface area contributed by atoms with Gasteiger partial charge in [-0.25, -0.2) is 14.4 Å². The summed E-state index contributed by atoms with van der Waals surface area (Å²) in [5.74, 6) is 1.57. The first-order valence-electron chi connectivity index (χ1n) is 11.3. The molecule has 2 N–H and O–H groups in total. The molecule has 2 aliphatic carbocycles. The number of hydrogen-bond donors (Lipinski definition) is 2. The van der Waals surface area contributed by atoms with E-state index in [-0.39, 0.29) is 6.04 Å². The molecule has 2 fully saturated rings. The van der Waals surface area contributed by atoms with Crippen molar-refractivity contribution in [2.24, 2.45) is 5.92 Å². The van der Waals surface area contributed by atoms with Gasteiger partial charge < -0.3 is 10.6 Å². The van der Waals surface area contributed by atoms with E-state index in [0.29, 0.717) is 34.2 Å². The number of aromatic nitrogens is 4. The van der Waals surface area contributed by atoms with E-state index in [2.05, 4.69) is 27.1 Å². The van der Waals surface area contributed by atoms with E-state index in [0.717, 1.165) is 50.1 Å². The molecule has 2 heterocycles. The molecule has 0 spiro atoms. The van der Waals surface area contributed by atoms with Gasteiger partial charge in [0.2, 0.25) is 11.9 Å². The summed E-state index contributed by atoms with van der Waals surface area (Å²) in [5.41, 5.74) is 1.86. The fourth-order valence-electron chi connectivity index (χ4n) is 4.86. The number of halogens is 2. The van der Waals surface area contributed by atoms with Crippen molar-refractivity contribution in [2.75, 3.05) is 10.6 Å². The molecule has 0 radical (unpaired) electrons. The molecular formula is C23H28ClFN6. The summed E-state index contributed by atoms with van der Waals surface area (Å²) in [6, 6.07) is 5.33. The van der Waals surface area contributed by atoms with Crippen LogP contribution in [0.25, 0.3) is 11.2 Å². The molecule has 3 aromatic rings. The van der Waals surface area contributed by atoms with Gasteiger partial charge in [0.05, 0.1) is 11.9 Å². The predicted octanol–water partition coefficient (Wildman–Crippen LogP) is 6.47. The van der Waals surface area contributed by atoms with Crippen LogP contribution in [-0.4, -0.2) is 25.6 Å². The summed E-state index contributed by atoms with van der Waals surface area (Å²) < 4.78 is 16.6. The lowest BCUT2D eigenvalue weighted by atomic mass is 9.87. The van der Waals surface area contributed by atoms with Crippen molar-refractivity contribution >= 4 is 40.3 Å². The van der Waals surface area contributed by atoms with E-state index in [1.807, 2.05) is 0 Å². The first kappa shape index (κ1) is 20.5. The highest BCUT2D eigenvalue weighted by molar-refractivity contribution is 6.30. The van der Waals surface area contributed by atoms with Crippen LogP contribution in [0.3, 0.4) is 0 Å². The summed E-state index contributed by atoms with van der Waals surface area (Å²) in [6.45, 7) is 2.30. The third-order valence-corrected chi connectivity index (χ3v) is 6.88. The summed E-state index contributed by atoms with van der Waals surface area (Å²) >= 11 is 5.92. The molecule has 164 valence electrons. The Morgan fingerprint density at radius 1 is 1.06 bits per heavy atom. The highest BCUT2D eigenvalue weighted by atomic mass is 35.5. The van der Waals surface area contributed by atoms with Gasteiger partial charge in [0.1, 0.15) is 11.3 Å². The van der Waals surface area contributed by atoms with E-state index >= 15 is 0 Å². The number of anilines is 3. The van der Waals surface area contributed by atoms with Crippen LogP contribution in [0.2, 0.25) is 5.02 Å². The van der Waals surface area contributed by atoms with Gasteiger partial charge in [-0.05, 0) is 62.6 Å². The number of rotatable bonds is 5. The van der Waals surface area contributed by atoms with E-state index in [1.54, 1.807) is 18.3 Å². The maximum absolute atomic E-state index is 14.5. The minimum atomic E-state index is -0.405. The van der Waals surface area contributed by atoms with Crippen LogP contribution in [0.1, 0.15) is 64.3 Å². The van der Waals surface area contributed by atoms with Crippen LogP contribution in [0.5, 0.6) is 0 Å². The number of imidazole rings is 1. The highest BCUT2D eigenvalue weighted by Gasteiger charge is 2.26. The number of nitrogens with zero attached hydrogens (tertiary/aromatic N) is 4. The molecule has 8 heteroatoms. The van der Waals surface area contributed by atoms with Gasteiger partial charge in [0.25, 0.3) is 0 Å². The van der Waals surface area contributed by atoms with Crippen molar-refractivity contribution in [1.82, 2.24) is 19.5 Å². The van der Waals surface area contributed by atoms with Gasteiger partial charge in [0, 0.05) is 17.1 Å². The molecule has 2 aromatic heterocycles. The van der Waals surface area contributed by atoms with Crippen LogP contribution >= 0.6 is 11.6 Å². The third-order valence-electron chi connectivity index (χ3n) is 6.65. The molecule has 0 amide bonds. The fourth-order valence-corrected chi connectivity index (χ4v) is 5.02. The van der Waals surface area contributed by atoms with E-state index in [9.17, 15) is 4.39 Å². The number of nitrogens with one attached hydrogen (secondary N) is 2. The van der Waals surface area contributed by atoms with Crippen molar-refractivity contribution in [1.29, 1.82) is 0 Å². The Kier molecular flexibility index (Phi) is 5.69. The molecule has 5 rings (SSSR count). The third kappa shape index (κ3) is 4.33. The normalized spacial score (nSPS) is 22.2. The second-order valence-electron chi connectivity index (χ2n) is 9.00. The minimum Gasteiger partial charge on any atom is -0.351 e. The van der Waals surface area contributed by atoms with Crippen LogP contribution in [0, 0.1) is 11.7 Å². The Hall–Kier alpha value is -2.41. The highest BCUT2D eigenvalue weighted by Crippen LogP contribution is 2.37. The summed E-state index contributed by atoms with van der Waals surface area (Å²) in [5, 5.41) is 7.04. The number of benzene rings is 1. The first-order valence-corrected chi connectivity index (χ1v) is 11.7. The Labute approximate surface area is 186 Å². The zero-order chi connectivity index (χ0) is 21.4. The molecule has 31 heavy (non-hydrogen) atoms. The average Bonchev–Trinajstić information content (AvgIpc) is 3.38. The summed E-state index contributed by atoms with van der Waals surface area (Å²) in [7, 11) is 0. The van der Waals surface area contributed by atoms with Crippen molar-refractivity contribution in [3.8, 4) is 0 Å². The molecule has 6 nitrogen and oxygen atoms in total. The Morgan fingerprint density at radius 2 is 1.84 bits per heavy atom. The maximum Gasteiger partial charge on any atom is 0.224 e. The topological polar surface area (TPSA) is 67.7 Å². The van der Waals surface area contributed by atoms with Crippen LogP contribution < -0.4 is 10.6 Å². The van der Waals surface area contributed by atoms with Gasteiger partial charge >= 0.3 is 0 Å². The molecule has 0 unspecified atom stereocenters. The van der Waals surface area contributed by atoms with Crippen molar-refractivity contribution in [3.05, 3.63) is 35.2 Å². The number of fused-ring (bicyclic) bond motifs is 1. The second-order valence-corrected chi connectivity index (χ2v) is 9.43. The maximum atomic E-state index is 14.5. The van der Waals surface area contributed by atoms with Gasteiger partial charge in [-0.2, -0.15) is 4.98 Å². The monoisotopic (exact) mass is 442 g/mol. The lowest BCUT2D eigenvalue weighted by Gasteiger charge is -2.28. The summed E-state index contributed by atoms with van der Waals surface area (Å²) in [6.07, 6.45) is 11.0. The van der Waals surface area contributed by atoms with Gasteiger partial charge in [-0.1, -0.05) is 31.4 Å². The Morgan fingerprint density at radius 3 is 2.58 bits per heavy atom. The fraction of sp³-hybridized carbons (Fsp3) is 0.522. The van der Waals surface area contributed by atoms with Crippen molar-refractivity contribution < 1.29 is 4.39 Å². The average molecular weight is 443 g/mol. The lowest BCUT2D eigenvalue weighted by molar-refractivity contribution is 0.295. The van der Waals surface area contributed by atoms with Crippen molar-refractivity contribution in [3.63, 3.8) is 0 Å². The van der Waals surface area contributed by atoms with Gasteiger partial charge in [0.15, 0.2) is 5.65 Å². The minimum absolute atomic E-state index is 0.272. The zero-order valence-corrected chi connectivity index (χ0v) is 18.5. The molecule has 0 atom stereocenters. The van der Waals surface area contributed by atoms with E-state index < -0.39 is 5.82 Å². The van der Waals surface area contributed by atoms with Crippen LogP contribution in [0.15, 0.2) is 24.4 Å². The molecule has 2 saturated carbocycles. The second kappa shape index (κ2) is 8.61. The quantitative estimate of drug-likeness (QED) is 0.474. The van der Waals surface area contributed by atoms with E-state index in [4.69, 9.17) is 21.6 Å². The lowest BCUT2D eigenvalue weighted by Crippen LogP contribution is -2.20. The van der Waals surface area contributed by atoms with Gasteiger partial charge in [-0.3, -0.25) is 4.57 Å². The summed E-state index contributed by atoms with van der Waals surface area (Å²) in [4.78, 5) is 14.1. The molecule has 0 bridgehead atoms. The SMILES string of the molecule is CC1CCC(n2c(Nc3ccc(Cl)cc3F)nc3cnc(NC4CCCC4)nc32)CC1. The molecule has 0 saturated heterocycles. The molecular weight excluding hydrogens is 415 g/mol. The largest absolute Gasteiger partial charge is 0.351 e. The van der Waals surface area contributed by atoms with E-state index in [1.165, 1.54) is 18.9 Å². The Balaban J connectivity index is 1.53. The smallest absolute Gasteiger partial charge is 0.224 e. The van der Waals surface area contributed by atoms with Crippen molar-refractivity contribution in [2.45, 2.75) is 70.4 Å².